The van der Waals surface area contributed by atoms with Gasteiger partial charge in [0.2, 0.25) is 0 Å². The van der Waals surface area contributed by atoms with Crippen LogP contribution in [0.5, 0.6) is 0 Å². The molecule has 22 heavy (non-hydrogen) atoms. The summed E-state index contributed by atoms with van der Waals surface area (Å²) in [7, 11) is -0.901. The third-order valence-electron chi connectivity index (χ3n) is 4.71. The molecular weight excluding hydrogens is 320 g/mol. The standard InChI is InChI=1S/C14H24N4O2S2/c1-16-13(9-12-5-8-22(19,20)10-12)15-18(14(16)21)11-17-6-3-2-4-7-17/h12H,2-11H2,1H3/t12-/m0/s1. The largest absolute Gasteiger partial charge is 0.307 e. The average Bonchev–Trinajstić information content (AvgIpc) is 2.95. The molecule has 3 heterocycles. The topological polar surface area (TPSA) is 60.1 Å². The van der Waals surface area contributed by atoms with E-state index >= 15 is 0 Å². The van der Waals surface area contributed by atoms with Gasteiger partial charge in [-0.1, -0.05) is 6.42 Å². The summed E-state index contributed by atoms with van der Waals surface area (Å²) in [5, 5.41) is 4.65. The molecule has 0 aliphatic carbocycles. The molecule has 0 amide bonds. The third kappa shape index (κ3) is 3.60. The Kier molecular flexibility index (Phi) is 4.70. The molecular formula is C14H24N4O2S2. The monoisotopic (exact) mass is 344 g/mol. The van der Waals surface area contributed by atoms with E-state index in [1.165, 1.54) is 19.3 Å². The minimum atomic E-state index is -2.83. The third-order valence-corrected chi connectivity index (χ3v) is 7.03. The fourth-order valence-electron chi connectivity index (χ4n) is 3.38. The number of piperidine rings is 1. The van der Waals surface area contributed by atoms with Crippen molar-refractivity contribution in [3.63, 3.8) is 0 Å². The second-order valence-electron chi connectivity index (χ2n) is 6.55. The van der Waals surface area contributed by atoms with E-state index in [1.807, 2.05) is 16.3 Å². The van der Waals surface area contributed by atoms with Crippen LogP contribution >= 0.6 is 12.2 Å². The Morgan fingerprint density at radius 3 is 2.64 bits per heavy atom. The Morgan fingerprint density at radius 2 is 2.00 bits per heavy atom. The fraction of sp³-hybridized carbons (Fsp3) is 0.857. The van der Waals surface area contributed by atoms with Crippen LogP contribution in [0.15, 0.2) is 0 Å². The second-order valence-corrected chi connectivity index (χ2v) is 9.14. The average molecular weight is 345 g/mol. The number of likely N-dealkylation sites (tertiary alicyclic amines) is 1. The molecule has 8 heteroatoms. The summed E-state index contributed by atoms with van der Waals surface area (Å²) >= 11 is 5.49. The Labute approximate surface area is 137 Å². The van der Waals surface area contributed by atoms with Crippen LogP contribution < -0.4 is 0 Å². The van der Waals surface area contributed by atoms with Gasteiger partial charge in [-0.25, -0.2) is 13.1 Å². The van der Waals surface area contributed by atoms with Crippen molar-refractivity contribution in [2.24, 2.45) is 13.0 Å². The van der Waals surface area contributed by atoms with E-state index in [1.54, 1.807) is 0 Å². The molecule has 0 spiro atoms. The van der Waals surface area contributed by atoms with Gasteiger partial charge in [0.1, 0.15) is 5.82 Å². The van der Waals surface area contributed by atoms with Gasteiger partial charge in [0.05, 0.1) is 18.2 Å². The summed E-state index contributed by atoms with van der Waals surface area (Å²) in [6, 6.07) is 0. The highest BCUT2D eigenvalue weighted by molar-refractivity contribution is 7.91. The summed E-state index contributed by atoms with van der Waals surface area (Å²) in [4.78, 5) is 2.39. The normalized spacial score (nSPS) is 25.6. The lowest BCUT2D eigenvalue weighted by Crippen LogP contribution is -2.32. The van der Waals surface area contributed by atoms with Crippen LogP contribution in [0.3, 0.4) is 0 Å². The minimum absolute atomic E-state index is 0.184. The smallest absolute Gasteiger partial charge is 0.198 e. The molecule has 1 atom stereocenters. The molecule has 1 aromatic rings. The van der Waals surface area contributed by atoms with E-state index in [-0.39, 0.29) is 5.92 Å². The molecule has 1 aromatic heterocycles. The maximum atomic E-state index is 11.6. The van der Waals surface area contributed by atoms with E-state index < -0.39 is 9.84 Å². The number of rotatable bonds is 4. The summed E-state index contributed by atoms with van der Waals surface area (Å²) in [5.41, 5.74) is 0. The first-order chi connectivity index (χ1) is 10.4. The molecule has 2 aliphatic heterocycles. The highest BCUT2D eigenvalue weighted by Gasteiger charge is 2.29. The molecule has 2 fully saturated rings. The Balaban J connectivity index is 1.70. The molecule has 0 N–H and O–H groups in total. The quantitative estimate of drug-likeness (QED) is 0.772. The molecule has 3 rings (SSSR count). The van der Waals surface area contributed by atoms with Gasteiger partial charge < -0.3 is 4.57 Å². The number of sulfone groups is 1. The molecule has 2 aliphatic rings. The highest BCUT2D eigenvalue weighted by atomic mass is 32.2. The lowest BCUT2D eigenvalue weighted by molar-refractivity contribution is 0.171. The first kappa shape index (κ1) is 16.1. The van der Waals surface area contributed by atoms with E-state index in [9.17, 15) is 8.42 Å². The van der Waals surface area contributed by atoms with Crippen molar-refractivity contribution in [1.29, 1.82) is 0 Å². The molecule has 0 radical (unpaired) electrons. The lowest BCUT2D eigenvalue weighted by Gasteiger charge is -2.25. The van der Waals surface area contributed by atoms with Crippen LogP contribution in [0.4, 0.5) is 0 Å². The van der Waals surface area contributed by atoms with Crippen molar-refractivity contribution in [2.45, 2.75) is 38.8 Å². The molecule has 0 aromatic carbocycles. The maximum Gasteiger partial charge on any atom is 0.198 e. The number of aromatic nitrogens is 3. The SMILES string of the molecule is Cn1c(C[C@@H]2CCS(=O)(=O)C2)nn(CN2CCCCC2)c1=S. The van der Waals surface area contributed by atoms with Gasteiger partial charge in [-0.2, -0.15) is 5.10 Å². The van der Waals surface area contributed by atoms with Crippen molar-refractivity contribution in [2.75, 3.05) is 24.6 Å². The number of nitrogens with zero attached hydrogens (tertiary/aromatic N) is 4. The van der Waals surface area contributed by atoms with Gasteiger partial charge in [0, 0.05) is 13.5 Å². The van der Waals surface area contributed by atoms with Crippen molar-refractivity contribution in [1.82, 2.24) is 19.2 Å². The zero-order valence-electron chi connectivity index (χ0n) is 13.1. The maximum absolute atomic E-state index is 11.6. The summed E-state index contributed by atoms with van der Waals surface area (Å²) in [6.45, 7) is 2.96. The van der Waals surface area contributed by atoms with Crippen molar-refractivity contribution in [3.8, 4) is 0 Å². The summed E-state index contributed by atoms with van der Waals surface area (Å²) < 4.78 is 27.7. The van der Waals surface area contributed by atoms with Crippen LogP contribution in [0.2, 0.25) is 0 Å². The first-order valence-corrected chi connectivity index (χ1v) is 10.2. The van der Waals surface area contributed by atoms with Crippen molar-refractivity contribution >= 4 is 22.1 Å². The zero-order chi connectivity index (χ0) is 15.7. The predicted molar refractivity (Wildman–Crippen MR) is 87.9 cm³/mol. The van der Waals surface area contributed by atoms with Gasteiger partial charge in [-0.15, -0.1) is 0 Å². The summed E-state index contributed by atoms with van der Waals surface area (Å²) in [6.07, 6.45) is 5.24. The van der Waals surface area contributed by atoms with Gasteiger partial charge in [-0.3, -0.25) is 4.90 Å². The minimum Gasteiger partial charge on any atom is -0.307 e. The number of hydrogen-bond acceptors (Lipinski definition) is 5. The van der Waals surface area contributed by atoms with Gasteiger partial charge in [-0.05, 0) is 50.5 Å². The van der Waals surface area contributed by atoms with Gasteiger partial charge in [0.15, 0.2) is 14.6 Å². The Hall–Kier alpha value is -0.730. The molecule has 0 unspecified atom stereocenters. The van der Waals surface area contributed by atoms with E-state index in [2.05, 4.69) is 10.00 Å². The molecule has 2 saturated heterocycles. The lowest BCUT2D eigenvalue weighted by atomic mass is 10.1. The molecule has 0 saturated carbocycles. The van der Waals surface area contributed by atoms with Crippen molar-refractivity contribution in [3.05, 3.63) is 10.6 Å². The van der Waals surface area contributed by atoms with Crippen molar-refractivity contribution < 1.29 is 8.42 Å². The predicted octanol–water partition coefficient (Wildman–Crippen LogP) is 1.37. The zero-order valence-corrected chi connectivity index (χ0v) is 14.7. The molecule has 6 nitrogen and oxygen atoms in total. The number of hydrogen-bond donors (Lipinski definition) is 0. The van der Waals surface area contributed by atoms with Gasteiger partial charge >= 0.3 is 0 Å². The Bertz CT molecular complexity index is 686. The fourth-order valence-corrected chi connectivity index (χ4v) is 5.45. The van der Waals surface area contributed by atoms with Crippen LogP contribution in [0, 0.1) is 10.7 Å². The van der Waals surface area contributed by atoms with E-state index in [0.29, 0.717) is 17.9 Å². The van der Waals surface area contributed by atoms with Crippen LogP contribution in [-0.4, -0.2) is 52.3 Å². The highest BCUT2D eigenvalue weighted by Crippen LogP contribution is 2.22. The Morgan fingerprint density at radius 1 is 1.27 bits per heavy atom. The van der Waals surface area contributed by atoms with Gasteiger partial charge in [0.25, 0.3) is 0 Å². The van der Waals surface area contributed by atoms with Crippen LogP contribution in [0.1, 0.15) is 31.5 Å². The van der Waals surface area contributed by atoms with E-state index in [4.69, 9.17) is 12.2 Å². The molecule has 124 valence electrons. The molecule has 0 bridgehead atoms. The second kappa shape index (κ2) is 6.41. The summed E-state index contributed by atoms with van der Waals surface area (Å²) in [5.74, 6) is 1.70. The van der Waals surface area contributed by atoms with Crippen LogP contribution in [0.25, 0.3) is 0 Å². The van der Waals surface area contributed by atoms with E-state index in [0.717, 1.165) is 36.8 Å². The first-order valence-electron chi connectivity index (χ1n) is 8.00. The van der Waals surface area contributed by atoms with Crippen LogP contribution in [-0.2, 0) is 30.0 Å².